The second-order valence-electron chi connectivity index (χ2n) is 5.03. The molecule has 1 aromatic heterocycles. The van der Waals surface area contributed by atoms with Crippen LogP contribution in [0.15, 0.2) is 41.7 Å². The molecular weight excluding hydrogens is 282 g/mol. The van der Waals surface area contributed by atoms with Crippen molar-refractivity contribution < 1.29 is 4.74 Å². The molecule has 5 heteroatoms. The maximum atomic E-state index is 5.38. The lowest BCUT2D eigenvalue weighted by Crippen LogP contribution is -2.36. The number of benzene rings is 1. The van der Waals surface area contributed by atoms with E-state index in [1.54, 1.807) is 18.1 Å². The van der Waals surface area contributed by atoms with Crippen molar-refractivity contribution in [3.05, 3.63) is 47.8 Å². The van der Waals surface area contributed by atoms with Gasteiger partial charge >= 0.3 is 0 Å². The van der Waals surface area contributed by atoms with Crippen molar-refractivity contribution in [1.29, 1.82) is 0 Å². The normalized spacial score (nSPS) is 15.2. The second kappa shape index (κ2) is 6.91. The van der Waals surface area contributed by atoms with E-state index in [9.17, 15) is 0 Å². The summed E-state index contributed by atoms with van der Waals surface area (Å²) in [5.74, 6) is 1.94. The fourth-order valence-electron chi connectivity index (χ4n) is 2.30. The molecule has 1 aliphatic rings. The lowest BCUT2D eigenvalue weighted by molar-refractivity contribution is 0.122. The molecule has 1 fully saturated rings. The molecule has 4 nitrogen and oxygen atoms in total. The number of ether oxygens (including phenoxy) is 1. The smallest absolute Gasteiger partial charge is 0.133 e. The molecule has 0 spiro atoms. The summed E-state index contributed by atoms with van der Waals surface area (Å²) >= 11 is 1.76. The van der Waals surface area contributed by atoms with Gasteiger partial charge in [-0.05, 0) is 18.1 Å². The van der Waals surface area contributed by atoms with Crippen LogP contribution in [0.2, 0.25) is 0 Å². The van der Waals surface area contributed by atoms with Gasteiger partial charge in [-0.1, -0.05) is 24.3 Å². The Morgan fingerprint density at radius 1 is 1.19 bits per heavy atom. The maximum absolute atomic E-state index is 5.38. The fraction of sp³-hybridized carbons (Fsp3) is 0.375. The number of rotatable bonds is 4. The van der Waals surface area contributed by atoms with Gasteiger partial charge in [0.1, 0.15) is 17.2 Å². The summed E-state index contributed by atoms with van der Waals surface area (Å²) in [6.45, 7) is 5.50. The number of hydrogen-bond donors (Lipinski definition) is 0. The van der Waals surface area contributed by atoms with E-state index in [4.69, 9.17) is 4.74 Å². The molecule has 0 amide bonds. The molecule has 21 heavy (non-hydrogen) atoms. The Hall–Kier alpha value is -1.59. The number of aromatic nitrogens is 2. The third-order valence-electron chi connectivity index (χ3n) is 3.60. The number of anilines is 1. The van der Waals surface area contributed by atoms with E-state index < -0.39 is 0 Å². The van der Waals surface area contributed by atoms with Crippen LogP contribution >= 0.6 is 11.8 Å². The van der Waals surface area contributed by atoms with Gasteiger partial charge in [-0.3, -0.25) is 0 Å². The quantitative estimate of drug-likeness (QED) is 0.641. The van der Waals surface area contributed by atoms with E-state index in [1.165, 1.54) is 11.1 Å². The number of nitrogens with zero attached hydrogens (tertiary/aromatic N) is 3. The minimum Gasteiger partial charge on any atom is -0.378 e. The molecule has 0 N–H and O–H groups in total. The van der Waals surface area contributed by atoms with Crippen LogP contribution in [0, 0.1) is 6.92 Å². The lowest BCUT2D eigenvalue weighted by Gasteiger charge is -2.27. The van der Waals surface area contributed by atoms with Crippen LogP contribution in [0.3, 0.4) is 0 Å². The molecule has 0 unspecified atom stereocenters. The Morgan fingerprint density at radius 3 is 2.81 bits per heavy atom. The van der Waals surface area contributed by atoms with Gasteiger partial charge in [0.05, 0.1) is 13.2 Å². The van der Waals surface area contributed by atoms with E-state index in [0.29, 0.717) is 0 Å². The lowest BCUT2D eigenvalue weighted by atomic mass is 10.1. The molecule has 3 rings (SSSR count). The standard InChI is InChI=1S/C16H19N3OS/c1-13-4-2-3-5-14(13)11-21-16-10-15(17-12-18-16)19-6-8-20-9-7-19/h2-5,10,12H,6-9,11H2,1H3. The summed E-state index contributed by atoms with van der Waals surface area (Å²) in [4.78, 5) is 11.0. The maximum Gasteiger partial charge on any atom is 0.133 e. The van der Waals surface area contributed by atoms with Gasteiger partial charge < -0.3 is 9.64 Å². The number of morpholine rings is 1. The van der Waals surface area contributed by atoms with Crippen LogP contribution in [-0.4, -0.2) is 36.3 Å². The molecule has 1 saturated heterocycles. The van der Waals surface area contributed by atoms with Gasteiger partial charge in [-0.15, -0.1) is 11.8 Å². The molecule has 0 bridgehead atoms. The number of thioether (sulfide) groups is 1. The first-order chi connectivity index (χ1) is 10.3. The Kier molecular flexibility index (Phi) is 4.72. The first-order valence-corrected chi connectivity index (χ1v) is 8.13. The molecule has 0 aliphatic carbocycles. The summed E-state index contributed by atoms with van der Waals surface area (Å²) in [5.41, 5.74) is 2.68. The number of hydrogen-bond acceptors (Lipinski definition) is 5. The monoisotopic (exact) mass is 301 g/mol. The molecule has 0 atom stereocenters. The Bertz CT molecular complexity index is 600. The minimum absolute atomic E-state index is 0.774. The molecule has 1 aliphatic heterocycles. The predicted octanol–water partition coefficient (Wildman–Crippen LogP) is 2.91. The van der Waals surface area contributed by atoms with Crippen LogP contribution in [0.25, 0.3) is 0 Å². The number of aryl methyl sites for hydroxylation is 1. The first-order valence-electron chi connectivity index (χ1n) is 7.15. The van der Waals surface area contributed by atoms with Crippen LogP contribution in [-0.2, 0) is 10.5 Å². The molecule has 2 aromatic rings. The summed E-state index contributed by atoms with van der Waals surface area (Å²) < 4.78 is 5.38. The van der Waals surface area contributed by atoms with E-state index in [1.807, 2.05) is 0 Å². The highest BCUT2D eigenvalue weighted by Gasteiger charge is 2.13. The topological polar surface area (TPSA) is 38.2 Å². The summed E-state index contributed by atoms with van der Waals surface area (Å²) in [5, 5.41) is 1.02. The van der Waals surface area contributed by atoms with Crippen LogP contribution < -0.4 is 4.90 Å². The molecule has 2 heterocycles. The predicted molar refractivity (Wildman–Crippen MR) is 85.8 cm³/mol. The van der Waals surface area contributed by atoms with Crippen LogP contribution in [0.4, 0.5) is 5.82 Å². The van der Waals surface area contributed by atoms with Crippen LogP contribution in [0.5, 0.6) is 0 Å². The van der Waals surface area contributed by atoms with E-state index in [-0.39, 0.29) is 0 Å². The Labute approximate surface area is 129 Å². The van der Waals surface area contributed by atoms with Gasteiger partial charge in [0.15, 0.2) is 0 Å². The van der Waals surface area contributed by atoms with Gasteiger partial charge in [-0.25, -0.2) is 9.97 Å². The van der Waals surface area contributed by atoms with Crippen molar-refractivity contribution in [1.82, 2.24) is 9.97 Å². The summed E-state index contributed by atoms with van der Waals surface area (Å²) in [6, 6.07) is 10.6. The van der Waals surface area contributed by atoms with E-state index in [0.717, 1.165) is 42.9 Å². The average Bonchev–Trinajstić information content (AvgIpc) is 2.55. The molecule has 0 saturated carbocycles. The van der Waals surface area contributed by atoms with Crippen molar-refractivity contribution >= 4 is 17.6 Å². The zero-order chi connectivity index (χ0) is 14.5. The van der Waals surface area contributed by atoms with E-state index >= 15 is 0 Å². The minimum atomic E-state index is 0.774. The van der Waals surface area contributed by atoms with Crippen LogP contribution in [0.1, 0.15) is 11.1 Å². The molecule has 110 valence electrons. The van der Waals surface area contributed by atoms with Crippen molar-refractivity contribution in [3.63, 3.8) is 0 Å². The Balaban J connectivity index is 1.67. The summed E-state index contributed by atoms with van der Waals surface area (Å²) in [6.07, 6.45) is 1.66. The third-order valence-corrected chi connectivity index (χ3v) is 4.57. The summed E-state index contributed by atoms with van der Waals surface area (Å²) in [7, 11) is 0. The van der Waals surface area contributed by atoms with Crippen molar-refractivity contribution in [2.24, 2.45) is 0 Å². The third kappa shape index (κ3) is 3.74. The molecular formula is C16H19N3OS. The van der Waals surface area contributed by atoms with Gasteiger partial charge in [0, 0.05) is 24.9 Å². The SMILES string of the molecule is Cc1ccccc1CSc1cc(N2CCOCC2)ncn1. The van der Waals surface area contributed by atoms with Crippen molar-refractivity contribution in [2.45, 2.75) is 17.7 Å². The van der Waals surface area contributed by atoms with Crippen molar-refractivity contribution in [3.8, 4) is 0 Å². The molecule has 0 radical (unpaired) electrons. The average molecular weight is 301 g/mol. The largest absolute Gasteiger partial charge is 0.378 e. The van der Waals surface area contributed by atoms with E-state index in [2.05, 4.69) is 52.1 Å². The zero-order valence-corrected chi connectivity index (χ0v) is 13.0. The van der Waals surface area contributed by atoms with Gasteiger partial charge in [-0.2, -0.15) is 0 Å². The Morgan fingerprint density at radius 2 is 2.00 bits per heavy atom. The zero-order valence-electron chi connectivity index (χ0n) is 12.2. The highest BCUT2D eigenvalue weighted by atomic mass is 32.2. The highest BCUT2D eigenvalue weighted by Crippen LogP contribution is 2.25. The van der Waals surface area contributed by atoms with Gasteiger partial charge in [0.2, 0.25) is 0 Å². The second-order valence-corrected chi connectivity index (χ2v) is 6.02. The first kappa shape index (κ1) is 14.4. The fourth-order valence-corrected chi connectivity index (χ4v) is 3.24. The van der Waals surface area contributed by atoms with Gasteiger partial charge in [0.25, 0.3) is 0 Å². The van der Waals surface area contributed by atoms with Crippen molar-refractivity contribution in [2.75, 3.05) is 31.2 Å². The highest BCUT2D eigenvalue weighted by molar-refractivity contribution is 7.98. The molecule has 1 aromatic carbocycles.